The largest absolute Gasteiger partial charge is 0.756 e. The second-order valence-electron chi connectivity index (χ2n) is 16.7. The third kappa shape index (κ3) is 28.8. The van der Waals surface area contributed by atoms with E-state index in [9.17, 15) is 23.8 Å². The molecule has 0 saturated carbocycles. The van der Waals surface area contributed by atoms with E-state index in [1.807, 2.05) is 33.3 Å². The van der Waals surface area contributed by atoms with E-state index < -0.39 is 32.5 Å². The van der Waals surface area contributed by atoms with Crippen LogP contribution in [-0.2, 0) is 50.3 Å². The maximum atomic E-state index is 12.7. The fourth-order valence-electron chi connectivity index (χ4n) is 6.33. The third-order valence-electron chi connectivity index (χ3n) is 10.1. The number of quaternary nitrogens is 1. The molecule has 0 radical (unpaired) electrons. The lowest BCUT2D eigenvalue weighted by Gasteiger charge is -2.28. The molecule has 1 heterocycles. The number of phosphoric acid groups is 1. The number of allylic oxidation sites excluding steroid dienone is 4. The first-order valence-corrected chi connectivity index (χ1v) is 23.8. The molecular weight excluding hydrogens is 757 g/mol. The van der Waals surface area contributed by atoms with Gasteiger partial charge in [-0.15, -0.1) is 0 Å². The topological polar surface area (TPSA) is 141 Å². The number of hydrogen-bond acceptors (Lipinski definition) is 10. The number of rotatable bonds is 37. The van der Waals surface area contributed by atoms with Crippen LogP contribution in [0.5, 0.6) is 0 Å². The Morgan fingerprint density at radius 2 is 1.26 bits per heavy atom. The molecular formula is C46H80NO10P. The summed E-state index contributed by atoms with van der Waals surface area (Å²) in [5.74, 6) is 1.54. The maximum absolute atomic E-state index is 12.7. The Bertz CT molecular complexity index is 1380. The van der Waals surface area contributed by atoms with Gasteiger partial charge in [-0.3, -0.25) is 18.9 Å². The zero-order valence-corrected chi connectivity index (χ0v) is 38.3. The van der Waals surface area contributed by atoms with Crippen molar-refractivity contribution in [1.82, 2.24) is 0 Å². The molecule has 1 aromatic heterocycles. The minimum atomic E-state index is -4.66. The molecule has 0 aromatic carbocycles. The average molecular weight is 838 g/mol. The van der Waals surface area contributed by atoms with Crippen molar-refractivity contribution in [2.24, 2.45) is 0 Å². The molecule has 12 heteroatoms. The molecule has 0 spiro atoms. The molecule has 1 unspecified atom stereocenters. The van der Waals surface area contributed by atoms with Gasteiger partial charge in [0.15, 0.2) is 11.9 Å². The summed E-state index contributed by atoms with van der Waals surface area (Å²) in [6.07, 6.45) is 27.4. The smallest absolute Gasteiger partial charge is 0.306 e. The van der Waals surface area contributed by atoms with Crippen molar-refractivity contribution in [3.63, 3.8) is 0 Å². The number of aryl methyl sites for hydroxylation is 2. The standard InChI is InChI=1S/C46H80NO10P/c1-8-10-24-30-41(48)31-25-20-16-12-11-13-19-23-28-34-46(50)56-42(38-55-58(51,52)54-36-35-47(5,6)7)37-53-45(49)33-27-22-18-15-14-17-21-26-32-44-40(4)39(3)43(57-44)29-9-2/h16,20,25,31,42H,8-15,17-19,21-24,26-30,32-38H2,1-7H3/b20-16-,31-25+/t42-/m1/s1. The van der Waals surface area contributed by atoms with Gasteiger partial charge in [-0.1, -0.05) is 103 Å². The second kappa shape index (κ2) is 32.2. The van der Waals surface area contributed by atoms with Crippen LogP contribution in [0.1, 0.15) is 171 Å². The van der Waals surface area contributed by atoms with Crippen molar-refractivity contribution in [1.29, 1.82) is 0 Å². The van der Waals surface area contributed by atoms with Crippen LogP contribution < -0.4 is 4.89 Å². The molecule has 11 nitrogen and oxygen atoms in total. The lowest BCUT2D eigenvalue weighted by atomic mass is 10.0. The summed E-state index contributed by atoms with van der Waals surface area (Å²) in [5, 5.41) is 0. The zero-order chi connectivity index (χ0) is 43.1. The van der Waals surface area contributed by atoms with Gasteiger partial charge in [0.25, 0.3) is 7.82 Å². The molecule has 0 fully saturated rings. The molecule has 1 aromatic rings. The molecule has 2 atom stereocenters. The van der Waals surface area contributed by atoms with Crippen LogP contribution in [0.3, 0.4) is 0 Å². The van der Waals surface area contributed by atoms with E-state index >= 15 is 0 Å². The van der Waals surface area contributed by atoms with Gasteiger partial charge in [0.2, 0.25) is 0 Å². The van der Waals surface area contributed by atoms with Crippen LogP contribution in [0, 0.1) is 13.8 Å². The predicted molar refractivity (Wildman–Crippen MR) is 230 cm³/mol. The number of phosphoric ester groups is 1. The number of ketones is 1. The van der Waals surface area contributed by atoms with Crippen LogP contribution >= 0.6 is 7.82 Å². The number of furan rings is 1. The minimum Gasteiger partial charge on any atom is -0.756 e. The molecule has 1 rings (SSSR count). The number of unbranched alkanes of at least 4 members (excludes halogenated alkanes) is 14. The number of carbonyl (C=O) groups is 3. The number of nitrogens with zero attached hydrogens (tertiary/aromatic N) is 1. The summed E-state index contributed by atoms with van der Waals surface area (Å²) in [6.45, 7) is 8.23. The Balaban J connectivity index is 2.36. The first kappa shape index (κ1) is 53.5. The summed E-state index contributed by atoms with van der Waals surface area (Å²) >= 11 is 0. The highest BCUT2D eigenvalue weighted by atomic mass is 31.2. The van der Waals surface area contributed by atoms with Crippen LogP contribution in [0.2, 0.25) is 0 Å². The van der Waals surface area contributed by atoms with Gasteiger partial charge in [0.05, 0.1) is 27.7 Å². The maximum Gasteiger partial charge on any atom is 0.306 e. The zero-order valence-electron chi connectivity index (χ0n) is 37.5. The number of likely N-dealkylation sites (N-methyl/N-ethyl adjacent to an activating group) is 1. The van der Waals surface area contributed by atoms with Crippen molar-refractivity contribution in [3.05, 3.63) is 47.0 Å². The van der Waals surface area contributed by atoms with E-state index in [0.29, 0.717) is 30.3 Å². The monoisotopic (exact) mass is 838 g/mol. The number of hydrogen-bond donors (Lipinski definition) is 0. The molecule has 334 valence electrons. The van der Waals surface area contributed by atoms with Crippen molar-refractivity contribution in [2.75, 3.05) is 47.5 Å². The SMILES string of the molecule is CCCCCC(=O)/C=C/C=C\CCCCCCCC(=O)O[C@H](COC(=O)CCCCCCCCCCc1oc(CCC)c(C)c1C)COP(=O)([O-])OCC[N+](C)(C)C. The van der Waals surface area contributed by atoms with E-state index in [1.165, 1.54) is 24.0 Å². The van der Waals surface area contributed by atoms with Crippen LogP contribution in [0.25, 0.3) is 0 Å². The van der Waals surface area contributed by atoms with E-state index in [1.54, 1.807) is 6.08 Å². The van der Waals surface area contributed by atoms with Gasteiger partial charge in [0.1, 0.15) is 31.3 Å². The molecule has 0 saturated heterocycles. The summed E-state index contributed by atoms with van der Waals surface area (Å²) < 4.78 is 40.0. The molecule has 0 N–H and O–H groups in total. The fraction of sp³-hybridized carbons (Fsp3) is 0.761. The van der Waals surface area contributed by atoms with Gasteiger partial charge in [-0.05, 0) is 76.0 Å². The number of carbonyl (C=O) groups excluding carboxylic acids is 3. The quantitative estimate of drug-likeness (QED) is 0.0159. The summed E-state index contributed by atoms with van der Waals surface area (Å²) in [6, 6.07) is 0. The van der Waals surface area contributed by atoms with E-state index in [2.05, 4.69) is 33.8 Å². The Morgan fingerprint density at radius 3 is 1.88 bits per heavy atom. The van der Waals surface area contributed by atoms with Crippen molar-refractivity contribution < 1.29 is 51.3 Å². The van der Waals surface area contributed by atoms with Crippen molar-refractivity contribution in [2.45, 2.75) is 181 Å². The first-order valence-electron chi connectivity index (χ1n) is 22.4. The predicted octanol–water partition coefficient (Wildman–Crippen LogP) is 10.6. The van der Waals surface area contributed by atoms with Crippen LogP contribution in [-0.4, -0.2) is 75.8 Å². The molecule has 0 aliphatic heterocycles. The van der Waals surface area contributed by atoms with Crippen molar-refractivity contribution >= 4 is 25.5 Å². The normalized spacial score (nSPS) is 13.7. The fourth-order valence-corrected chi connectivity index (χ4v) is 7.06. The molecule has 0 aliphatic rings. The summed E-state index contributed by atoms with van der Waals surface area (Å²) in [4.78, 5) is 49.4. The molecule has 0 amide bonds. The second-order valence-corrected chi connectivity index (χ2v) is 18.1. The summed E-state index contributed by atoms with van der Waals surface area (Å²) in [5.41, 5.74) is 2.62. The van der Waals surface area contributed by atoms with Gasteiger partial charge >= 0.3 is 11.9 Å². The highest BCUT2D eigenvalue weighted by Crippen LogP contribution is 2.38. The van der Waals surface area contributed by atoms with E-state index in [4.69, 9.17) is 22.9 Å². The van der Waals surface area contributed by atoms with Crippen LogP contribution in [0.4, 0.5) is 0 Å². The number of ether oxygens (including phenoxy) is 2. The Morgan fingerprint density at radius 1 is 0.690 bits per heavy atom. The Hall–Kier alpha value is -2.56. The molecule has 0 bridgehead atoms. The van der Waals surface area contributed by atoms with Gasteiger partial charge in [-0.2, -0.15) is 0 Å². The lowest BCUT2D eigenvalue weighted by Crippen LogP contribution is -2.37. The molecule has 58 heavy (non-hydrogen) atoms. The average Bonchev–Trinajstić information content (AvgIpc) is 3.42. The third-order valence-corrected chi connectivity index (χ3v) is 11.1. The van der Waals surface area contributed by atoms with Gasteiger partial charge in [0, 0.05) is 32.1 Å². The molecule has 0 aliphatic carbocycles. The van der Waals surface area contributed by atoms with E-state index in [0.717, 1.165) is 114 Å². The number of esters is 2. The lowest BCUT2D eigenvalue weighted by molar-refractivity contribution is -0.870. The van der Waals surface area contributed by atoms with Gasteiger partial charge < -0.3 is 32.3 Å². The van der Waals surface area contributed by atoms with E-state index in [-0.39, 0.29) is 31.8 Å². The minimum absolute atomic E-state index is 0.0532. The summed E-state index contributed by atoms with van der Waals surface area (Å²) in [7, 11) is 1.09. The van der Waals surface area contributed by atoms with Crippen molar-refractivity contribution in [3.8, 4) is 0 Å². The Labute approximate surface area is 351 Å². The highest BCUT2D eigenvalue weighted by Gasteiger charge is 2.22. The first-order chi connectivity index (χ1) is 27.7. The highest BCUT2D eigenvalue weighted by molar-refractivity contribution is 7.45. The van der Waals surface area contributed by atoms with Gasteiger partial charge in [-0.25, -0.2) is 0 Å². The van der Waals surface area contributed by atoms with Crippen LogP contribution in [0.15, 0.2) is 28.7 Å². The Kier molecular flexibility index (Phi) is 29.7.